The number of carbonyl (C=O) groups is 2. The van der Waals surface area contributed by atoms with Crippen LogP contribution in [0, 0.1) is 0 Å². The number of carbonyl (C=O) groups excluding carboxylic acids is 2. The lowest BCUT2D eigenvalue weighted by atomic mass is 10.1. The van der Waals surface area contributed by atoms with Crippen molar-refractivity contribution in [2.45, 2.75) is 25.5 Å². The topological polar surface area (TPSA) is 85.3 Å². The highest BCUT2D eigenvalue weighted by Gasteiger charge is 2.28. The van der Waals surface area contributed by atoms with E-state index in [1.165, 1.54) is 0 Å². The maximum Gasteiger partial charge on any atom is 0.265 e. The Balaban J connectivity index is 1.13. The highest BCUT2D eigenvalue weighted by atomic mass is 16.5. The number of para-hydroxylation sites is 3. The third kappa shape index (κ3) is 4.57. The van der Waals surface area contributed by atoms with Crippen LogP contribution < -0.4 is 15.4 Å². The normalized spacial score (nSPS) is 14.5. The van der Waals surface area contributed by atoms with Crippen molar-refractivity contribution in [1.29, 1.82) is 0 Å². The molecular weight excluding hydrogens is 416 g/mol. The van der Waals surface area contributed by atoms with E-state index in [0.717, 1.165) is 35.3 Å². The minimum absolute atomic E-state index is 0.175. The van der Waals surface area contributed by atoms with Crippen LogP contribution in [0.5, 0.6) is 5.75 Å². The molecule has 1 aliphatic heterocycles. The lowest BCUT2D eigenvalue weighted by Gasteiger charge is -2.12. The number of nitrogens with zero attached hydrogens (tertiary/aromatic N) is 2. The van der Waals surface area contributed by atoms with Crippen LogP contribution in [0.2, 0.25) is 0 Å². The van der Waals surface area contributed by atoms with E-state index in [2.05, 4.69) is 20.2 Å². The van der Waals surface area contributed by atoms with Crippen molar-refractivity contribution < 1.29 is 14.3 Å². The zero-order valence-electron chi connectivity index (χ0n) is 18.0. The highest BCUT2D eigenvalue weighted by Crippen LogP contribution is 2.28. The van der Waals surface area contributed by atoms with Crippen LogP contribution in [0.4, 0.5) is 5.69 Å². The van der Waals surface area contributed by atoms with Crippen molar-refractivity contribution in [2.75, 3.05) is 11.9 Å². The van der Waals surface area contributed by atoms with Gasteiger partial charge in [0.25, 0.3) is 11.8 Å². The Kier molecular flexibility index (Phi) is 5.76. The summed E-state index contributed by atoms with van der Waals surface area (Å²) in [6, 6.07) is 22.6. The average molecular weight is 441 g/mol. The largest absolute Gasteiger partial charge is 0.480 e. The number of aromatic nitrogens is 2. The molecule has 0 aliphatic carbocycles. The molecule has 1 atom stereocenters. The summed E-state index contributed by atoms with van der Waals surface area (Å²) >= 11 is 0. The molecule has 0 saturated heterocycles. The number of nitrogens with one attached hydrogen (secondary N) is 2. The van der Waals surface area contributed by atoms with Crippen LogP contribution in [0.3, 0.4) is 0 Å². The molecule has 3 aromatic carbocycles. The zero-order valence-corrected chi connectivity index (χ0v) is 18.0. The fraction of sp³-hybridized carbons (Fsp3) is 0.192. The summed E-state index contributed by atoms with van der Waals surface area (Å²) in [5.41, 5.74) is 4.14. The van der Waals surface area contributed by atoms with Gasteiger partial charge in [0.05, 0.1) is 17.4 Å². The number of rotatable bonds is 7. The molecule has 7 heteroatoms. The predicted octanol–water partition coefficient (Wildman–Crippen LogP) is 3.80. The van der Waals surface area contributed by atoms with Crippen molar-refractivity contribution in [2.24, 2.45) is 0 Å². The first-order valence-corrected chi connectivity index (χ1v) is 11.0. The molecule has 2 amide bonds. The number of ether oxygens (including phenoxy) is 1. The smallest absolute Gasteiger partial charge is 0.265 e. The van der Waals surface area contributed by atoms with Crippen LogP contribution in [0.15, 0.2) is 79.1 Å². The van der Waals surface area contributed by atoms with Crippen LogP contribution in [-0.4, -0.2) is 34.0 Å². The molecule has 1 unspecified atom stereocenters. The Bertz CT molecular complexity index is 1290. The first-order valence-electron chi connectivity index (χ1n) is 11.0. The van der Waals surface area contributed by atoms with Gasteiger partial charge in [-0.05, 0) is 48.4 Å². The second-order valence-corrected chi connectivity index (χ2v) is 8.02. The summed E-state index contributed by atoms with van der Waals surface area (Å²) in [5.74, 6) is 0.344. The van der Waals surface area contributed by atoms with E-state index in [1.807, 2.05) is 54.9 Å². The third-order valence-corrected chi connectivity index (χ3v) is 5.72. The Morgan fingerprint density at radius 2 is 1.88 bits per heavy atom. The third-order valence-electron chi connectivity index (χ3n) is 5.72. The van der Waals surface area contributed by atoms with Crippen LogP contribution in [0.1, 0.15) is 22.3 Å². The quantitative estimate of drug-likeness (QED) is 0.428. The molecule has 33 heavy (non-hydrogen) atoms. The van der Waals surface area contributed by atoms with Gasteiger partial charge in [-0.1, -0.05) is 36.4 Å². The molecule has 1 aromatic heterocycles. The lowest BCUT2D eigenvalue weighted by molar-refractivity contribution is -0.122. The van der Waals surface area contributed by atoms with Crippen molar-refractivity contribution in [3.63, 3.8) is 0 Å². The first-order chi connectivity index (χ1) is 16.2. The fourth-order valence-electron chi connectivity index (χ4n) is 4.03. The van der Waals surface area contributed by atoms with Gasteiger partial charge in [-0.15, -0.1) is 0 Å². The number of hydrogen-bond donors (Lipinski definition) is 2. The molecule has 2 N–H and O–H groups in total. The van der Waals surface area contributed by atoms with Crippen molar-refractivity contribution in [1.82, 2.24) is 14.9 Å². The fourth-order valence-corrected chi connectivity index (χ4v) is 4.03. The number of benzene rings is 3. The van der Waals surface area contributed by atoms with E-state index in [1.54, 1.807) is 24.3 Å². The molecule has 2 heterocycles. The van der Waals surface area contributed by atoms with E-state index < -0.39 is 6.10 Å². The van der Waals surface area contributed by atoms with Gasteiger partial charge in [0, 0.05) is 30.8 Å². The summed E-state index contributed by atoms with van der Waals surface area (Å²) < 4.78 is 7.83. The Morgan fingerprint density at radius 1 is 1.03 bits per heavy atom. The monoisotopic (exact) mass is 440 g/mol. The number of amides is 2. The molecule has 1 aliphatic rings. The Labute approximate surface area is 191 Å². The maximum absolute atomic E-state index is 12.6. The molecule has 0 saturated carbocycles. The summed E-state index contributed by atoms with van der Waals surface area (Å²) in [6.07, 6.45) is 2.57. The van der Waals surface area contributed by atoms with E-state index in [9.17, 15) is 9.59 Å². The molecule has 0 radical (unpaired) electrons. The van der Waals surface area contributed by atoms with Crippen LogP contribution in [-0.2, 0) is 17.8 Å². The van der Waals surface area contributed by atoms with E-state index >= 15 is 0 Å². The molecule has 166 valence electrons. The number of anilines is 1. The maximum atomic E-state index is 12.6. The van der Waals surface area contributed by atoms with Gasteiger partial charge in [-0.3, -0.25) is 9.59 Å². The molecule has 7 nitrogen and oxygen atoms in total. The summed E-state index contributed by atoms with van der Waals surface area (Å²) in [7, 11) is 0. The SMILES string of the molecule is O=C(NCCCn1cnc2ccccc21)c1cccc(NC(=O)C2Cc3ccccc3O2)c1. The minimum Gasteiger partial charge on any atom is -0.480 e. The second-order valence-electron chi connectivity index (χ2n) is 8.02. The molecule has 5 rings (SSSR count). The van der Waals surface area contributed by atoms with Gasteiger partial charge in [-0.2, -0.15) is 0 Å². The molecule has 0 spiro atoms. The van der Waals surface area contributed by atoms with Gasteiger partial charge in [0.15, 0.2) is 6.10 Å². The van der Waals surface area contributed by atoms with Gasteiger partial charge >= 0.3 is 0 Å². The van der Waals surface area contributed by atoms with Crippen LogP contribution in [0.25, 0.3) is 11.0 Å². The molecule has 4 aromatic rings. The Morgan fingerprint density at radius 3 is 2.79 bits per heavy atom. The standard InChI is InChI=1S/C26H24N4O3/c31-25(27-13-6-14-30-17-28-21-10-2-3-11-22(21)30)19-8-5-9-20(15-19)29-26(32)24-16-18-7-1-4-12-23(18)33-24/h1-5,7-12,15,17,24H,6,13-14,16H2,(H,27,31)(H,29,32). The zero-order chi connectivity index (χ0) is 22.6. The van der Waals surface area contributed by atoms with E-state index in [-0.39, 0.29) is 11.8 Å². The van der Waals surface area contributed by atoms with Gasteiger partial charge in [0.2, 0.25) is 0 Å². The van der Waals surface area contributed by atoms with Crippen LogP contribution >= 0.6 is 0 Å². The summed E-state index contributed by atoms with van der Waals surface area (Å²) in [6.45, 7) is 1.30. The van der Waals surface area contributed by atoms with E-state index in [0.29, 0.717) is 24.2 Å². The van der Waals surface area contributed by atoms with Gasteiger partial charge in [-0.25, -0.2) is 4.98 Å². The Hall–Kier alpha value is -4.13. The van der Waals surface area contributed by atoms with Gasteiger partial charge in [0.1, 0.15) is 5.75 Å². The lowest BCUT2D eigenvalue weighted by Crippen LogP contribution is -2.31. The van der Waals surface area contributed by atoms with E-state index in [4.69, 9.17) is 4.74 Å². The highest BCUT2D eigenvalue weighted by molar-refractivity contribution is 5.98. The summed E-state index contributed by atoms with van der Waals surface area (Å²) in [4.78, 5) is 29.6. The number of imidazole rings is 1. The number of fused-ring (bicyclic) bond motifs is 2. The van der Waals surface area contributed by atoms with Crippen molar-refractivity contribution >= 4 is 28.5 Å². The predicted molar refractivity (Wildman–Crippen MR) is 126 cm³/mol. The summed E-state index contributed by atoms with van der Waals surface area (Å²) in [5, 5.41) is 5.81. The molecule has 0 fully saturated rings. The second kappa shape index (κ2) is 9.16. The minimum atomic E-state index is -0.570. The molecular formula is C26H24N4O3. The first kappa shape index (κ1) is 20.8. The number of aryl methyl sites for hydroxylation is 1. The van der Waals surface area contributed by atoms with Crippen molar-refractivity contribution in [3.8, 4) is 5.75 Å². The number of hydrogen-bond acceptors (Lipinski definition) is 4. The average Bonchev–Trinajstić information content (AvgIpc) is 3.46. The van der Waals surface area contributed by atoms with Gasteiger partial charge < -0.3 is 19.9 Å². The molecule has 0 bridgehead atoms. The van der Waals surface area contributed by atoms with Crippen molar-refractivity contribution in [3.05, 3.63) is 90.3 Å².